The van der Waals surface area contributed by atoms with E-state index in [2.05, 4.69) is 15.5 Å². The molecule has 0 unspecified atom stereocenters. The van der Waals surface area contributed by atoms with Gasteiger partial charge in [0.05, 0.1) is 6.10 Å². The number of carbonyl (C=O) groups excluding carboxylic acids is 1. The number of hydrogen-bond acceptors (Lipinski definition) is 8. The zero-order valence-corrected chi connectivity index (χ0v) is 17.8. The van der Waals surface area contributed by atoms with Gasteiger partial charge in [-0.25, -0.2) is 8.42 Å². The minimum absolute atomic E-state index is 0.0107. The maximum atomic E-state index is 13.0. The van der Waals surface area contributed by atoms with Gasteiger partial charge in [0, 0.05) is 50.0 Å². The summed E-state index contributed by atoms with van der Waals surface area (Å²) in [6.07, 6.45) is 3.14. The van der Waals surface area contributed by atoms with Crippen molar-refractivity contribution < 1.29 is 22.5 Å². The van der Waals surface area contributed by atoms with Crippen molar-refractivity contribution in [2.24, 2.45) is 5.92 Å². The van der Waals surface area contributed by atoms with Crippen molar-refractivity contribution >= 4 is 27.3 Å². The molecule has 0 radical (unpaired) electrons. The Bertz CT molecular complexity index is 957. The lowest BCUT2D eigenvalue weighted by Crippen LogP contribution is -2.44. The molecule has 11 heteroatoms. The van der Waals surface area contributed by atoms with Crippen molar-refractivity contribution in [3.63, 3.8) is 0 Å². The normalized spacial score (nSPS) is 21.5. The lowest BCUT2D eigenvalue weighted by atomic mass is 9.97. The van der Waals surface area contributed by atoms with E-state index < -0.39 is 10.0 Å². The second-order valence-corrected chi connectivity index (χ2v) is 10.4. The molecule has 0 saturated carbocycles. The first kappa shape index (κ1) is 20.5. The van der Waals surface area contributed by atoms with Crippen LogP contribution in [-0.2, 0) is 19.6 Å². The van der Waals surface area contributed by atoms with E-state index in [0.29, 0.717) is 49.8 Å². The standard InChI is InChI=1S/C18H24N4O5S2/c1-12-20-17(21-27-12)14-9-16(28-11-14)29(24,25)22-6-4-13(5-7-22)18(23)19-10-15-3-2-8-26-15/h9,11,13,15H,2-8,10H2,1H3,(H,19,23)/t15-/m0/s1. The minimum atomic E-state index is -3.60. The molecule has 4 rings (SSSR count). The number of ether oxygens (including phenoxy) is 1. The minimum Gasteiger partial charge on any atom is -0.376 e. The monoisotopic (exact) mass is 440 g/mol. The molecule has 0 aliphatic carbocycles. The Labute approximate surface area is 173 Å². The first-order valence-electron chi connectivity index (χ1n) is 9.72. The number of nitrogens with one attached hydrogen (secondary N) is 1. The molecule has 4 heterocycles. The van der Waals surface area contributed by atoms with E-state index in [1.807, 2.05) is 0 Å². The van der Waals surface area contributed by atoms with Crippen LogP contribution in [-0.4, -0.2) is 61.1 Å². The third-order valence-electron chi connectivity index (χ3n) is 5.31. The molecule has 2 aliphatic rings. The SMILES string of the molecule is Cc1nc(-c2csc(S(=O)(=O)N3CCC(C(=O)NC[C@@H]4CCCO4)CC3)c2)no1. The van der Waals surface area contributed by atoms with E-state index in [4.69, 9.17) is 9.26 Å². The van der Waals surface area contributed by atoms with Crippen LogP contribution in [0.4, 0.5) is 0 Å². The van der Waals surface area contributed by atoms with E-state index in [9.17, 15) is 13.2 Å². The maximum Gasteiger partial charge on any atom is 0.252 e. The first-order valence-corrected chi connectivity index (χ1v) is 12.0. The fourth-order valence-corrected chi connectivity index (χ4v) is 6.42. The molecule has 158 valence electrons. The molecule has 1 atom stereocenters. The Morgan fingerprint density at radius 1 is 1.34 bits per heavy atom. The number of thiophene rings is 1. The molecule has 0 aromatic carbocycles. The van der Waals surface area contributed by atoms with Crippen molar-refractivity contribution in [3.8, 4) is 11.4 Å². The summed E-state index contributed by atoms with van der Waals surface area (Å²) >= 11 is 1.14. The first-order chi connectivity index (χ1) is 13.9. The molecule has 1 N–H and O–H groups in total. The quantitative estimate of drug-likeness (QED) is 0.728. The van der Waals surface area contributed by atoms with Crippen molar-refractivity contribution in [2.75, 3.05) is 26.2 Å². The second-order valence-electron chi connectivity index (χ2n) is 7.35. The predicted molar refractivity (Wildman–Crippen MR) is 106 cm³/mol. The summed E-state index contributed by atoms with van der Waals surface area (Å²) in [7, 11) is -3.60. The van der Waals surface area contributed by atoms with E-state index >= 15 is 0 Å². The van der Waals surface area contributed by atoms with Crippen LogP contribution in [0.15, 0.2) is 20.2 Å². The van der Waals surface area contributed by atoms with Gasteiger partial charge in [-0.3, -0.25) is 4.79 Å². The molecular weight excluding hydrogens is 416 g/mol. The fourth-order valence-electron chi connectivity index (χ4n) is 3.64. The molecule has 0 bridgehead atoms. The Hall–Kier alpha value is -1.82. The van der Waals surface area contributed by atoms with Gasteiger partial charge < -0.3 is 14.6 Å². The van der Waals surface area contributed by atoms with Gasteiger partial charge in [0.1, 0.15) is 4.21 Å². The third-order valence-corrected chi connectivity index (χ3v) is 8.62. The molecule has 2 saturated heterocycles. The van der Waals surface area contributed by atoms with Crippen molar-refractivity contribution in [1.29, 1.82) is 0 Å². The van der Waals surface area contributed by atoms with Gasteiger partial charge in [0.15, 0.2) is 0 Å². The molecule has 2 aromatic rings. The summed E-state index contributed by atoms with van der Waals surface area (Å²) in [6.45, 7) is 3.63. The number of piperidine rings is 1. The van der Waals surface area contributed by atoms with E-state index in [1.54, 1.807) is 18.4 Å². The number of nitrogens with zero attached hydrogens (tertiary/aromatic N) is 3. The number of aromatic nitrogens is 2. The number of aryl methyl sites for hydroxylation is 1. The van der Waals surface area contributed by atoms with Crippen LogP contribution in [0.2, 0.25) is 0 Å². The molecule has 2 aliphatic heterocycles. The van der Waals surface area contributed by atoms with E-state index in [0.717, 1.165) is 30.8 Å². The van der Waals surface area contributed by atoms with Crippen LogP contribution in [0.25, 0.3) is 11.4 Å². The smallest absolute Gasteiger partial charge is 0.252 e. The summed E-state index contributed by atoms with van der Waals surface area (Å²) in [5.74, 6) is 0.629. The van der Waals surface area contributed by atoms with Crippen LogP contribution in [0.5, 0.6) is 0 Å². The Balaban J connectivity index is 1.33. The van der Waals surface area contributed by atoms with Gasteiger partial charge >= 0.3 is 0 Å². The Kier molecular flexibility index (Phi) is 6.00. The highest BCUT2D eigenvalue weighted by atomic mass is 32.2. The zero-order valence-electron chi connectivity index (χ0n) is 16.2. The van der Waals surface area contributed by atoms with Gasteiger partial charge in [0.25, 0.3) is 10.0 Å². The molecule has 0 spiro atoms. The molecule has 2 fully saturated rings. The molecule has 29 heavy (non-hydrogen) atoms. The summed E-state index contributed by atoms with van der Waals surface area (Å²) in [5.41, 5.74) is 0.619. The lowest BCUT2D eigenvalue weighted by Gasteiger charge is -2.30. The molecular formula is C18H24N4O5S2. The van der Waals surface area contributed by atoms with Gasteiger partial charge in [-0.05, 0) is 31.7 Å². The van der Waals surface area contributed by atoms with Crippen molar-refractivity contribution in [3.05, 3.63) is 17.3 Å². The van der Waals surface area contributed by atoms with Crippen molar-refractivity contribution in [1.82, 2.24) is 19.8 Å². The molecule has 2 aromatic heterocycles. The van der Waals surface area contributed by atoms with E-state index in [-0.39, 0.29) is 22.1 Å². The van der Waals surface area contributed by atoms with Gasteiger partial charge in [-0.2, -0.15) is 9.29 Å². The predicted octanol–water partition coefficient (Wildman–Crippen LogP) is 1.80. The highest BCUT2D eigenvalue weighted by molar-refractivity contribution is 7.91. The number of carbonyl (C=O) groups is 1. The summed E-state index contributed by atoms with van der Waals surface area (Å²) in [5, 5.41) is 8.49. The van der Waals surface area contributed by atoms with Crippen LogP contribution < -0.4 is 5.32 Å². The Morgan fingerprint density at radius 3 is 2.79 bits per heavy atom. The highest BCUT2D eigenvalue weighted by Gasteiger charge is 2.33. The highest BCUT2D eigenvalue weighted by Crippen LogP contribution is 2.31. The number of hydrogen-bond donors (Lipinski definition) is 1. The summed E-state index contributed by atoms with van der Waals surface area (Å²) in [4.78, 5) is 16.5. The van der Waals surface area contributed by atoms with Crippen molar-refractivity contribution in [2.45, 2.75) is 42.9 Å². The largest absolute Gasteiger partial charge is 0.376 e. The number of amides is 1. The Morgan fingerprint density at radius 2 is 2.14 bits per heavy atom. The van der Waals surface area contributed by atoms with Crippen LogP contribution in [0.1, 0.15) is 31.6 Å². The van der Waals surface area contributed by atoms with Gasteiger partial charge in [-0.15, -0.1) is 11.3 Å². The average molecular weight is 441 g/mol. The average Bonchev–Trinajstić information content (AvgIpc) is 3.47. The summed E-state index contributed by atoms with van der Waals surface area (Å²) < 4.78 is 38.1. The second kappa shape index (κ2) is 8.50. The van der Waals surface area contributed by atoms with E-state index in [1.165, 1.54) is 4.31 Å². The van der Waals surface area contributed by atoms with Crippen LogP contribution >= 0.6 is 11.3 Å². The maximum absolute atomic E-state index is 13.0. The summed E-state index contributed by atoms with van der Waals surface area (Å²) in [6, 6.07) is 1.57. The zero-order chi connectivity index (χ0) is 20.4. The van der Waals surface area contributed by atoms with Crippen LogP contribution in [0, 0.1) is 12.8 Å². The fraction of sp³-hybridized carbons (Fsp3) is 0.611. The van der Waals surface area contributed by atoms with Gasteiger partial charge in [-0.1, -0.05) is 5.16 Å². The van der Waals surface area contributed by atoms with Crippen LogP contribution in [0.3, 0.4) is 0 Å². The van der Waals surface area contributed by atoms with Gasteiger partial charge in [0.2, 0.25) is 17.6 Å². The number of sulfonamides is 1. The molecule has 9 nitrogen and oxygen atoms in total. The topological polar surface area (TPSA) is 115 Å². The number of rotatable bonds is 6. The lowest BCUT2D eigenvalue weighted by molar-refractivity contribution is -0.126. The molecule has 1 amide bonds. The third kappa shape index (κ3) is 4.52.